The van der Waals surface area contributed by atoms with Crippen molar-refractivity contribution in [3.63, 3.8) is 0 Å². The van der Waals surface area contributed by atoms with Gasteiger partial charge in [0, 0.05) is 49.9 Å². The molecule has 0 radical (unpaired) electrons. The minimum absolute atomic E-state index is 0.252. The highest BCUT2D eigenvalue weighted by Crippen LogP contribution is 2.19. The van der Waals surface area contributed by atoms with Gasteiger partial charge in [0.05, 0.1) is 12.2 Å². The Labute approximate surface area is 133 Å². The van der Waals surface area contributed by atoms with Gasteiger partial charge in [0.1, 0.15) is 0 Å². The third-order valence-electron chi connectivity index (χ3n) is 4.06. The van der Waals surface area contributed by atoms with E-state index >= 15 is 0 Å². The van der Waals surface area contributed by atoms with E-state index < -0.39 is 0 Å². The molecule has 1 fully saturated rings. The fraction of sp³-hybridized carbons (Fsp3) is 0.647. The van der Waals surface area contributed by atoms with Gasteiger partial charge in [0.15, 0.2) is 0 Å². The molecule has 1 aliphatic rings. The van der Waals surface area contributed by atoms with Gasteiger partial charge in [-0.15, -0.1) is 6.58 Å². The van der Waals surface area contributed by atoms with Crippen LogP contribution in [0, 0.1) is 12.3 Å². The highest BCUT2D eigenvalue weighted by Gasteiger charge is 2.29. The normalized spacial score (nSPS) is 16.8. The summed E-state index contributed by atoms with van der Waals surface area (Å²) in [5.41, 5.74) is 2.05. The standard InChI is InChI=1S/C17H28N4O/c1-6-7-21-13-15(14(2)18-21)12-19-8-10-20(11-9-19)16(22)17(3,4)5/h6,13H,1,7-12H2,2-5H3. The van der Waals surface area contributed by atoms with E-state index in [0.29, 0.717) is 0 Å². The molecule has 1 aromatic rings. The number of aromatic nitrogens is 2. The summed E-state index contributed by atoms with van der Waals surface area (Å²) >= 11 is 0. The number of allylic oxidation sites excluding steroid dienone is 1. The SMILES string of the molecule is C=CCn1cc(CN2CCN(C(=O)C(C)(C)C)CC2)c(C)n1. The molecule has 0 aromatic carbocycles. The van der Waals surface area contributed by atoms with E-state index in [-0.39, 0.29) is 11.3 Å². The second kappa shape index (κ2) is 6.65. The van der Waals surface area contributed by atoms with Gasteiger partial charge in [-0.25, -0.2) is 0 Å². The molecule has 2 rings (SSSR count). The first kappa shape index (κ1) is 16.7. The molecule has 1 aliphatic heterocycles. The minimum Gasteiger partial charge on any atom is -0.340 e. The van der Waals surface area contributed by atoms with Crippen LogP contribution in [0.25, 0.3) is 0 Å². The second-order valence-electron chi connectivity index (χ2n) is 7.07. The fourth-order valence-corrected chi connectivity index (χ4v) is 2.76. The maximum absolute atomic E-state index is 12.3. The monoisotopic (exact) mass is 304 g/mol. The van der Waals surface area contributed by atoms with Gasteiger partial charge >= 0.3 is 0 Å². The summed E-state index contributed by atoms with van der Waals surface area (Å²) in [5, 5.41) is 4.50. The van der Waals surface area contributed by atoms with Crippen molar-refractivity contribution in [1.29, 1.82) is 0 Å². The molecule has 22 heavy (non-hydrogen) atoms. The lowest BCUT2D eigenvalue weighted by atomic mass is 9.94. The molecule has 0 N–H and O–H groups in total. The van der Waals surface area contributed by atoms with Crippen LogP contribution in [0.15, 0.2) is 18.9 Å². The number of carbonyl (C=O) groups is 1. The van der Waals surface area contributed by atoms with E-state index in [9.17, 15) is 4.79 Å². The van der Waals surface area contributed by atoms with Crippen LogP contribution in [-0.4, -0.2) is 51.7 Å². The van der Waals surface area contributed by atoms with Crippen molar-refractivity contribution >= 4 is 5.91 Å². The number of hydrogen-bond donors (Lipinski definition) is 0. The quantitative estimate of drug-likeness (QED) is 0.800. The van der Waals surface area contributed by atoms with Gasteiger partial charge in [0.25, 0.3) is 0 Å². The third-order valence-corrected chi connectivity index (χ3v) is 4.06. The largest absolute Gasteiger partial charge is 0.340 e. The Hall–Kier alpha value is -1.62. The summed E-state index contributed by atoms with van der Waals surface area (Å²) in [6, 6.07) is 0. The second-order valence-corrected chi connectivity index (χ2v) is 7.07. The molecule has 0 saturated carbocycles. The van der Waals surface area contributed by atoms with Crippen molar-refractivity contribution < 1.29 is 4.79 Å². The third kappa shape index (κ3) is 3.97. The Kier molecular flexibility index (Phi) is 5.06. The molecule has 5 nitrogen and oxygen atoms in total. The molecule has 0 unspecified atom stereocenters. The van der Waals surface area contributed by atoms with Crippen molar-refractivity contribution in [2.45, 2.75) is 40.8 Å². The number of nitrogens with zero attached hydrogens (tertiary/aromatic N) is 4. The summed E-state index contributed by atoms with van der Waals surface area (Å²) in [7, 11) is 0. The lowest BCUT2D eigenvalue weighted by molar-refractivity contribution is -0.141. The first-order valence-electron chi connectivity index (χ1n) is 7.97. The Morgan fingerprint density at radius 2 is 1.95 bits per heavy atom. The van der Waals surface area contributed by atoms with E-state index in [1.54, 1.807) is 0 Å². The Balaban J connectivity index is 1.90. The van der Waals surface area contributed by atoms with Crippen LogP contribution in [0.2, 0.25) is 0 Å². The molecule has 0 bridgehead atoms. The number of aryl methyl sites for hydroxylation is 1. The van der Waals surface area contributed by atoms with Gasteiger partial charge in [-0.1, -0.05) is 26.8 Å². The van der Waals surface area contributed by atoms with Gasteiger partial charge in [-0.2, -0.15) is 5.10 Å². The van der Waals surface area contributed by atoms with Crippen LogP contribution in [0.3, 0.4) is 0 Å². The van der Waals surface area contributed by atoms with Gasteiger partial charge in [-0.3, -0.25) is 14.4 Å². The zero-order valence-corrected chi connectivity index (χ0v) is 14.3. The smallest absolute Gasteiger partial charge is 0.228 e. The van der Waals surface area contributed by atoms with Gasteiger partial charge in [-0.05, 0) is 6.92 Å². The van der Waals surface area contributed by atoms with Crippen molar-refractivity contribution in [2.75, 3.05) is 26.2 Å². The Morgan fingerprint density at radius 1 is 1.32 bits per heavy atom. The number of amides is 1. The average Bonchev–Trinajstić information content (AvgIpc) is 2.78. The van der Waals surface area contributed by atoms with E-state index in [1.165, 1.54) is 5.56 Å². The molecule has 0 spiro atoms. The van der Waals surface area contributed by atoms with E-state index in [4.69, 9.17) is 0 Å². The molecule has 0 atom stereocenters. The number of hydrogen-bond acceptors (Lipinski definition) is 3. The van der Waals surface area contributed by atoms with Crippen molar-refractivity contribution in [3.8, 4) is 0 Å². The van der Waals surface area contributed by atoms with Crippen LogP contribution in [-0.2, 0) is 17.9 Å². The Morgan fingerprint density at radius 3 is 2.50 bits per heavy atom. The summed E-state index contributed by atoms with van der Waals surface area (Å²) in [4.78, 5) is 16.7. The summed E-state index contributed by atoms with van der Waals surface area (Å²) in [6.07, 6.45) is 3.96. The highest BCUT2D eigenvalue weighted by atomic mass is 16.2. The highest BCUT2D eigenvalue weighted by molar-refractivity contribution is 5.81. The zero-order valence-electron chi connectivity index (χ0n) is 14.3. The van der Waals surface area contributed by atoms with E-state index in [2.05, 4.69) is 22.8 Å². The molecule has 2 heterocycles. The maximum atomic E-state index is 12.3. The molecule has 122 valence electrons. The molecule has 0 aliphatic carbocycles. The predicted molar refractivity (Wildman–Crippen MR) is 88.5 cm³/mol. The van der Waals surface area contributed by atoms with Crippen LogP contribution < -0.4 is 0 Å². The molecule has 1 amide bonds. The molecule has 1 aromatic heterocycles. The summed E-state index contributed by atoms with van der Waals surface area (Å²) in [5.74, 6) is 0.252. The fourth-order valence-electron chi connectivity index (χ4n) is 2.76. The van der Waals surface area contributed by atoms with Gasteiger partial charge < -0.3 is 4.90 Å². The molecule has 5 heteroatoms. The number of rotatable bonds is 4. The predicted octanol–water partition coefficient (Wildman–Crippen LogP) is 2.07. The topological polar surface area (TPSA) is 41.4 Å². The molecular weight excluding hydrogens is 276 g/mol. The van der Waals surface area contributed by atoms with Crippen molar-refractivity contribution in [3.05, 3.63) is 30.1 Å². The summed E-state index contributed by atoms with van der Waals surface area (Å²) in [6.45, 7) is 16.9. The van der Waals surface area contributed by atoms with E-state index in [0.717, 1.165) is 45.0 Å². The molecule has 1 saturated heterocycles. The van der Waals surface area contributed by atoms with Crippen molar-refractivity contribution in [2.24, 2.45) is 5.41 Å². The zero-order chi connectivity index (χ0) is 16.3. The first-order valence-corrected chi connectivity index (χ1v) is 7.97. The van der Waals surface area contributed by atoms with Crippen LogP contribution in [0.5, 0.6) is 0 Å². The minimum atomic E-state index is -0.287. The van der Waals surface area contributed by atoms with E-state index in [1.807, 2.05) is 43.4 Å². The first-order chi connectivity index (χ1) is 10.3. The lowest BCUT2D eigenvalue weighted by Crippen LogP contribution is -2.51. The van der Waals surface area contributed by atoms with Crippen molar-refractivity contribution in [1.82, 2.24) is 19.6 Å². The number of piperazine rings is 1. The summed E-state index contributed by atoms with van der Waals surface area (Å²) < 4.78 is 1.93. The van der Waals surface area contributed by atoms with Crippen LogP contribution in [0.4, 0.5) is 0 Å². The maximum Gasteiger partial charge on any atom is 0.228 e. The molecular formula is C17H28N4O. The van der Waals surface area contributed by atoms with Crippen LogP contribution in [0.1, 0.15) is 32.0 Å². The number of carbonyl (C=O) groups excluding carboxylic acids is 1. The lowest BCUT2D eigenvalue weighted by Gasteiger charge is -2.37. The van der Waals surface area contributed by atoms with Gasteiger partial charge in [0.2, 0.25) is 5.91 Å². The average molecular weight is 304 g/mol. The van der Waals surface area contributed by atoms with Crippen LogP contribution >= 0.6 is 0 Å². The Bertz CT molecular complexity index is 533.